The van der Waals surface area contributed by atoms with Crippen LogP contribution in [0.25, 0.3) is 0 Å². The lowest BCUT2D eigenvalue weighted by Crippen LogP contribution is -2.06. The summed E-state index contributed by atoms with van der Waals surface area (Å²) in [5.74, 6) is 0.889. The Morgan fingerprint density at radius 1 is 1.25 bits per heavy atom. The number of nitrogens with two attached hydrogens (primary N) is 1. The van der Waals surface area contributed by atoms with E-state index in [2.05, 4.69) is 32.9 Å². The molecule has 0 aliphatic rings. The molecule has 0 saturated carbocycles. The van der Waals surface area contributed by atoms with Gasteiger partial charge in [0.1, 0.15) is 0 Å². The minimum absolute atomic E-state index is 0. The van der Waals surface area contributed by atoms with Gasteiger partial charge in [-0.3, -0.25) is 5.41 Å². The monoisotopic (exact) mass is 302 g/mol. The molecule has 1 rings (SSSR count). The molecule has 0 amide bonds. The average Bonchev–Trinajstić information content (AvgIpc) is 2.08. The minimum Gasteiger partial charge on any atom is -0.379 e. The van der Waals surface area contributed by atoms with Crippen LogP contribution < -0.4 is 5.73 Å². The molecule has 0 aliphatic heterocycles. The van der Waals surface area contributed by atoms with E-state index in [0.29, 0.717) is 0 Å². The van der Waals surface area contributed by atoms with Crippen LogP contribution in [0.1, 0.15) is 22.3 Å². The molecule has 2 nitrogen and oxygen atoms in total. The van der Waals surface area contributed by atoms with Crippen molar-refractivity contribution in [3.05, 3.63) is 34.4 Å². The van der Waals surface area contributed by atoms with Crippen LogP contribution in [0.3, 0.4) is 0 Å². The molecule has 0 atom stereocenters. The molecular formula is C12H19BrN2S. The van der Waals surface area contributed by atoms with E-state index >= 15 is 0 Å². The van der Waals surface area contributed by atoms with Crippen molar-refractivity contribution in [2.45, 2.75) is 27.2 Å². The fraction of sp³-hybridized carbons (Fsp3) is 0.417. The summed E-state index contributed by atoms with van der Waals surface area (Å²) in [7, 11) is 0. The van der Waals surface area contributed by atoms with Gasteiger partial charge in [-0.05, 0) is 43.9 Å². The smallest absolute Gasteiger partial charge is 0.151 e. The number of hydrogen-bond donors (Lipinski definition) is 2. The van der Waals surface area contributed by atoms with E-state index in [1.54, 1.807) is 0 Å². The second kappa shape index (κ2) is 6.97. The normalized spacial score (nSPS) is 9.69. The molecular weight excluding hydrogens is 284 g/mol. The Balaban J connectivity index is 0.00000225. The van der Waals surface area contributed by atoms with Gasteiger partial charge in [-0.15, -0.1) is 17.0 Å². The standard InChI is InChI=1S/C12H18N2S.BrH/c1-8-6-9(2)11(10(3)7-8)4-5-15-12(13)14;/h6-7H,4-5H2,1-3H3,(H3,13,14);1H. The van der Waals surface area contributed by atoms with E-state index < -0.39 is 0 Å². The van der Waals surface area contributed by atoms with Gasteiger partial charge in [-0.2, -0.15) is 0 Å². The van der Waals surface area contributed by atoms with Gasteiger partial charge in [-0.1, -0.05) is 29.5 Å². The van der Waals surface area contributed by atoms with Gasteiger partial charge < -0.3 is 5.73 Å². The lowest BCUT2D eigenvalue weighted by Gasteiger charge is -2.10. The van der Waals surface area contributed by atoms with E-state index in [1.807, 2.05) is 0 Å². The van der Waals surface area contributed by atoms with Crippen LogP contribution in [0, 0.1) is 26.2 Å². The summed E-state index contributed by atoms with van der Waals surface area (Å²) in [5.41, 5.74) is 10.7. The van der Waals surface area contributed by atoms with Crippen LogP contribution in [-0.4, -0.2) is 10.9 Å². The number of amidine groups is 1. The first-order chi connectivity index (χ1) is 7.00. The molecule has 90 valence electrons. The molecule has 0 bridgehead atoms. The average molecular weight is 303 g/mol. The Hall–Kier alpha value is -0.480. The lowest BCUT2D eigenvalue weighted by molar-refractivity contribution is 1.09. The summed E-state index contributed by atoms with van der Waals surface area (Å²) in [4.78, 5) is 0. The summed E-state index contributed by atoms with van der Waals surface area (Å²) in [5, 5.41) is 7.35. The number of thioether (sulfide) groups is 1. The molecule has 0 radical (unpaired) electrons. The van der Waals surface area contributed by atoms with Gasteiger partial charge in [-0.25, -0.2) is 0 Å². The van der Waals surface area contributed by atoms with Gasteiger partial charge in [0.25, 0.3) is 0 Å². The van der Waals surface area contributed by atoms with Crippen molar-refractivity contribution in [1.29, 1.82) is 5.41 Å². The third-order valence-corrected chi connectivity index (χ3v) is 3.17. The maximum absolute atomic E-state index is 7.14. The second-order valence-electron chi connectivity index (χ2n) is 3.84. The summed E-state index contributed by atoms with van der Waals surface area (Å²) in [6.45, 7) is 6.41. The van der Waals surface area contributed by atoms with Gasteiger partial charge in [0.05, 0.1) is 0 Å². The van der Waals surface area contributed by atoms with E-state index in [-0.39, 0.29) is 22.1 Å². The van der Waals surface area contributed by atoms with Gasteiger partial charge >= 0.3 is 0 Å². The van der Waals surface area contributed by atoms with Crippen molar-refractivity contribution in [1.82, 2.24) is 0 Å². The first-order valence-corrected chi connectivity index (χ1v) is 6.03. The molecule has 0 fully saturated rings. The summed E-state index contributed by atoms with van der Waals surface area (Å²) >= 11 is 1.41. The van der Waals surface area contributed by atoms with Crippen molar-refractivity contribution < 1.29 is 0 Å². The van der Waals surface area contributed by atoms with E-state index in [4.69, 9.17) is 11.1 Å². The van der Waals surface area contributed by atoms with Gasteiger partial charge in [0, 0.05) is 5.75 Å². The Labute approximate surface area is 112 Å². The number of benzene rings is 1. The fourth-order valence-corrected chi connectivity index (χ4v) is 2.39. The van der Waals surface area contributed by atoms with Crippen molar-refractivity contribution >= 4 is 33.9 Å². The predicted octanol–water partition coefficient (Wildman–Crippen LogP) is 3.36. The highest BCUT2D eigenvalue weighted by atomic mass is 79.9. The highest BCUT2D eigenvalue weighted by Crippen LogP contribution is 2.18. The highest BCUT2D eigenvalue weighted by Gasteiger charge is 2.03. The summed E-state index contributed by atoms with van der Waals surface area (Å²) in [6, 6.07) is 4.42. The van der Waals surface area contributed by atoms with Crippen molar-refractivity contribution in [3.63, 3.8) is 0 Å². The number of aryl methyl sites for hydroxylation is 3. The molecule has 4 heteroatoms. The molecule has 16 heavy (non-hydrogen) atoms. The zero-order valence-corrected chi connectivity index (χ0v) is 12.5. The Morgan fingerprint density at radius 2 is 1.75 bits per heavy atom. The van der Waals surface area contributed by atoms with Gasteiger partial charge in [0.15, 0.2) is 5.17 Å². The van der Waals surface area contributed by atoms with E-state index in [1.165, 1.54) is 34.0 Å². The first-order valence-electron chi connectivity index (χ1n) is 5.04. The zero-order valence-electron chi connectivity index (χ0n) is 9.96. The SMILES string of the molecule is Br.Cc1cc(C)c(CCSC(=N)N)c(C)c1. The van der Waals surface area contributed by atoms with E-state index in [0.717, 1.165) is 12.2 Å². The topological polar surface area (TPSA) is 49.9 Å². The maximum atomic E-state index is 7.14. The molecule has 0 aromatic heterocycles. The van der Waals surface area contributed by atoms with Crippen molar-refractivity contribution in [3.8, 4) is 0 Å². The van der Waals surface area contributed by atoms with Crippen LogP contribution in [0.4, 0.5) is 0 Å². The molecule has 0 aliphatic carbocycles. The Bertz CT molecular complexity index is 354. The third-order valence-electron chi connectivity index (χ3n) is 2.45. The maximum Gasteiger partial charge on any atom is 0.151 e. The molecule has 3 N–H and O–H groups in total. The quantitative estimate of drug-likeness (QED) is 0.664. The molecule has 1 aromatic carbocycles. The molecule has 0 spiro atoms. The number of hydrogen-bond acceptors (Lipinski definition) is 2. The Morgan fingerprint density at radius 3 is 2.19 bits per heavy atom. The zero-order chi connectivity index (χ0) is 11.4. The molecule has 0 unspecified atom stereocenters. The first kappa shape index (κ1) is 15.5. The van der Waals surface area contributed by atoms with E-state index in [9.17, 15) is 0 Å². The van der Waals surface area contributed by atoms with Gasteiger partial charge in [0.2, 0.25) is 0 Å². The van der Waals surface area contributed by atoms with Crippen LogP contribution >= 0.6 is 28.7 Å². The predicted molar refractivity (Wildman–Crippen MR) is 79.1 cm³/mol. The van der Waals surface area contributed by atoms with Crippen LogP contribution in [0.2, 0.25) is 0 Å². The van der Waals surface area contributed by atoms with Crippen LogP contribution in [-0.2, 0) is 6.42 Å². The number of rotatable bonds is 3. The van der Waals surface area contributed by atoms with Crippen LogP contribution in [0.5, 0.6) is 0 Å². The lowest BCUT2D eigenvalue weighted by atomic mass is 9.98. The second-order valence-corrected chi connectivity index (χ2v) is 4.98. The molecule has 1 aromatic rings. The summed E-state index contributed by atoms with van der Waals surface area (Å²) in [6.07, 6.45) is 0.988. The van der Waals surface area contributed by atoms with Crippen molar-refractivity contribution in [2.75, 3.05) is 5.75 Å². The summed E-state index contributed by atoms with van der Waals surface area (Å²) < 4.78 is 0. The molecule has 0 heterocycles. The minimum atomic E-state index is 0. The highest BCUT2D eigenvalue weighted by molar-refractivity contribution is 8.93. The Kier molecular flexibility index (Phi) is 6.76. The third kappa shape index (κ3) is 4.58. The number of nitrogens with one attached hydrogen (secondary N) is 1. The fourth-order valence-electron chi connectivity index (χ4n) is 1.87. The number of halogens is 1. The molecule has 0 saturated heterocycles. The van der Waals surface area contributed by atoms with Crippen LogP contribution in [0.15, 0.2) is 12.1 Å². The largest absolute Gasteiger partial charge is 0.379 e. The van der Waals surface area contributed by atoms with Crippen molar-refractivity contribution in [2.24, 2.45) is 5.73 Å².